The smallest absolute Gasteiger partial charge is 0.274 e. The maximum atomic E-state index is 11.3. The molecule has 0 radical (unpaired) electrons. The number of tetrazole rings is 1. The summed E-state index contributed by atoms with van der Waals surface area (Å²) in [5.41, 5.74) is 6.24. The lowest BCUT2D eigenvalue weighted by Gasteiger charge is -2.06. The Hall–Kier alpha value is -3.47. The number of carbonyl (C=O) groups is 1. The molecule has 0 aliphatic heterocycles. The lowest BCUT2D eigenvalue weighted by molar-refractivity contribution is -0.385. The van der Waals surface area contributed by atoms with Gasteiger partial charge in [0, 0.05) is 22.9 Å². The van der Waals surface area contributed by atoms with E-state index in [0.717, 1.165) is 5.69 Å². The summed E-state index contributed by atoms with van der Waals surface area (Å²) < 4.78 is 6.64. The third-order valence-corrected chi connectivity index (χ3v) is 4.65. The van der Waals surface area contributed by atoms with Gasteiger partial charge >= 0.3 is 0 Å². The SMILES string of the molecule is COc1ccc(-n2nnnc2SCc2ccc(C(N)=O)cc2[N+](=O)[O-])cc1. The van der Waals surface area contributed by atoms with Gasteiger partial charge in [-0.3, -0.25) is 14.9 Å². The first-order valence-electron chi connectivity index (χ1n) is 7.62. The molecule has 0 saturated heterocycles. The molecule has 0 aliphatic rings. The van der Waals surface area contributed by atoms with Crippen molar-refractivity contribution in [2.45, 2.75) is 10.9 Å². The van der Waals surface area contributed by atoms with Gasteiger partial charge in [-0.15, -0.1) is 5.10 Å². The number of carbonyl (C=O) groups excluding carboxylic acids is 1. The van der Waals surface area contributed by atoms with Crippen molar-refractivity contribution in [3.8, 4) is 11.4 Å². The van der Waals surface area contributed by atoms with Gasteiger partial charge in [-0.25, -0.2) is 0 Å². The first kappa shape index (κ1) is 18.3. The highest BCUT2D eigenvalue weighted by Gasteiger charge is 2.18. The van der Waals surface area contributed by atoms with E-state index in [4.69, 9.17) is 10.5 Å². The summed E-state index contributed by atoms with van der Waals surface area (Å²) in [6, 6.07) is 11.3. The van der Waals surface area contributed by atoms with E-state index in [9.17, 15) is 14.9 Å². The Balaban J connectivity index is 1.83. The molecule has 138 valence electrons. The van der Waals surface area contributed by atoms with Crippen LogP contribution in [-0.4, -0.2) is 38.1 Å². The predicted octanol–water partition coefficient (Wildman–Crippen LogP) is 1.97. The number of aromatic nitrogens is 4. The van der Waals surface area contributed by atoms with Crippen LogP contribution < -0.4 is 10.5 Å². The monoisotopic (exact) mass is 386 g/mol. The van der Waals surface area contributed by atoms with Gasteiger partial charge in [0.25, 0.3) is 5.69 Å². The van der Waals surface area contributed by atoms with Crippen molar-refractivity contribution in [2.75, 3.05) is 7.11 Å². The van der Waals surface area contributed by atoms with Crippen LogP contribution in [0.2, 0.25) is 0 Å². The van der Waals surface area contributed by atoms with E-state index in [2.05, 4.69) is 15.5 Å². The number of nitro groups is 1. The fourth-order valence-electron chi connectivity index (χ4n) is 2.31. The van der Waals surface area contributed by atoms with Crippen molar-refractivity contribution < 1.29 is 14.5 Å². The first-order valence-corrected chi connectivity index (χ1v) is 8.61. The molecule has 1 amide bonds. The fourth-order valence-corrected chi connectivity index (χ4v) is 3.19. The van der Waals surface area contributed by atoms with Crippen LogP contribution in [0, 0.1) is 10.1 Å². The number of benzene rings is 2. The van der Waals surface area contributed by atoms with Crippen molar-refractivity contribution >= 4 is 23.4 Å². The van der Waals surface area contributed by atoms with Gasteiger partial charge in [-0.1, -0.05) is 17.8 Å². The maximum Gasteiger partial charge on any atom is 0.274 e. The van der Waals surface area contributed by atoms with Gasteiger partial charge < -0.3 is 10.5 Å². The average molecular weight is 386 g/mol. The summed E-state index contributed by atoms with van der Waals surface area (Å²) in [6.45, 7) is 0. The third-order valence-electron chi connectivity index (χ3n) is 3.68. The van der Waals surface area contributed by atoms with Crippen molar-refractivity contribution in [2.24, 2.45) is 5.73 Å². The lowest BCUT2D eigenvalue weighted by atomic mass is 10.1. The minimum absolute atomic E-state index is 0.0820. The number of thioether (sulfide) groups is 1. The van der Waals surface area contributed by atoms with E-state index < -0.39 is 10.8 Å². The average Bonchev–Trinajstić information content (AvgIpc) is 3.14. The summed E-state index contributed by atoms with van der Waals surface area (Å²) >= 11 is 1.23. The largest absolute Gasteiger partial charge is 0.497 e. The minimum Gasteiger partial charge on any atom is -0.497 e. The molecule has 27 heavy (non-hydrogen) atoms. The standard InChI is InChI=1S/C16H14N6O4S/c1-26-13-6-4-12(5-7-13)21-16(18-19-20-21)27-9-11-3-2-10(15(17)23)8-14(11)22(24)25/h2-8H,9H2,1H3,(H2,17,23). The number of nitrogens with two attached hydrogens (primary N) is 1. The topological polar surface area (TPSA) is 139 Å². The summed E-state index contributed by atoms with van der Waals surface area (Å²) in [4.78, 5) is 22.0. The summed E-state index contributed by atoms with van der Waals surface area (Å²) in [6.07, 6.45) is 0. The summed E-state index contributed by atoms with van der Waals surface area (Å²) in [7, 11) is 1.57. The summed E-state index contributed by atoms with van der Waals surface area (Å²) in [5, 5.41) is 23.3. The molecular formula is C16H14N6O4S. The van der Waals surface area contributed by atoms with Crippen molar-refractivity contribution in [1.82, 2.24) is 20.2 Å². The molecule has 10 nitrogen and oxygen atoms in total. The molecule has 3 aromatic rings. The van der Waals surface area contributed by atoms with Crippen LogP contribution in [0.4, 0.5) is 5.69 Å². The third kappa shape index (κ3) is 4.03. The normalized spacial score (nSPS) is 10.6. The number of hydrogen-bond acceptors (Lipinski definition) is 8. The molecule has 0 fully saturated rings. The molecule has 2 aromatic carbocycles. The molecule has 0 bridgehead atoms. The molecule has 2 N–H and O–H groups in total. The summed E-state index contributed by atoms with van der Waals surface area (Å²) in [5.74, 6) is 0.221. The molecule has 1 heterocycles. The Bertz CT molecular complexity index is 989. The van der Waals surface area contributed by atoms with Crippen molar-refractivity contribution in [1.29, 1.82) is 0 Å². The zero-order chi connectivity index (χ0) is 19.4. The number of hydrogen-bond donors (Lipinski definition) is 1. The van der Waals surface area contributed by atoms with Gasteiger partial charge in [0.1, 0.15) is 5.75 Å². The second-order valence-corrected chi connectivity index (χ2v) is 6.27. The van der Waals surface area contributed by atoms with E-state index in [-0.39, 0.29) is 17.0 Å². The lowest BCUT2D eigenvalue weighted by Crippen LogP contribution is -2.11. The van der Waals surface area contributed by atoms with Crippen LogP contribution in [0.15, 0.2) is 47.6 Å². The molecule has 0 unspecified atom stereocenters. The molecular weight excluding hydrogens is 372 g/mol. The van der Waals surface area contributed by atoms with Crippen molar-refractivity contribution in [3.05, 3.63) is 63.7 Å². The highest BCUT2D eigenvalue weighted by molar-refractivity contribution is 7.98. The second-order valence-electron chi connectivity index (χ2n) is 5.32. The Labute approximate surface area is 157 Å². The van der Waals surface area contributed by atoms with Crippen LogP contribution >= 0.6 is 11.8 Å². The molecule has 11 heteroatoms. The van der Waals surface area contributed by atoms with Gasteiger partial charge in [0.15, 0.2) is 0 Å². The Kier molecular flexibility index (Phi) is 5.31. The van der Waals surface area contributed by atoms with Gasteiger partial charge in [0.2, 0.25) is 11.1 Å². The quantitative estimate of drug-likeness (QED) is 0.369. The number of nitrogens with zero attached hydrogens (tertiary/aromatic N) is 5. The van der Waals surface area contributed by atoms with Gasteiger partial charge in [-0.2, -0.15) is 4.68 Å². The highest BCUT2D eigenvalue weighted by atomic mass is 32.2. The van der Waals surface area contributed by atoms with E-state index >= 15 is 0 Å². The molecule has 1 aromatic heterocycles. The molecule has 0 atom stereocenters. The van der Waals surface area contributed by atoms with Gasteiger partial charge in [-0.05, 0) is 40.8 Å². The van der Waals surface area contributed by atoms with Crippen molar-refractivity contribution in [3.63, 3.8) is 0 Å². The number of methoxy groups -OCH3 is 1. The Morgan fingerprint density at radius 1 is 1.30 bits per heavy atom. The van der Waals surface area contributed by atoms with Crippen LogP contribution in [0.5, 0.6) is 5.75 Å². The number of rotatable bonds is 7. The number of amides is 1. The van der Waals surface area contributed by atoms with E-state index in [0.29, 0.717) is 16.5 Å². The Morgan fingerprint density at radius 2 is 2.04 bits per heavy atom. The van der Waals surface area contributed by atoms with Crippen LogP contribution in [-0.2, 0) is 5.75 Å². The highest BCUT2D eigenvalue weighted by Crippen LogP contribution is 2.28. The predicted molar refractivity (Wildman–Crippen MR) is 96.9 cm³/mol. The fraction of sp³-hybridized carbons (Fsp3) is 0.125. The molecule has 3 rings (SSSR count). The van der Waals surface area contributed by atoms with Crippen LogP contribution in [0.1, 0.15) is 15.9 Å². The minimum atomic E-state index is -0.722. The number of primary amides is 1. The van der Waals surface area contributed by atoms with E-state index in [1.807, 2.05) is 0 Å². The van der Waals surface area contributed by atoms with E-state index in [1.54, 1.807) is 31.4 Å². The number of nitro benzene ring substituents is 1. The zero-order valence-electron chi connectivity index (χ0n) is 14.1. The Morgan fingerprint density at radius 3 is 2.67 bits per heavy atom. The van der Waals surface area contributed by atoms with Crippen LogP contribution in [0.3, 0.4) is 0 Å². The second kappa shape index (κ2) is 7.83. The number of ether oxygens (including phenoxy) is 1. The zero-order valence-corrected chi connectivity index (χ0v) is 14.9. The van der Waals surface area contributed by atoms with Crippen LogP contribution in [0.25, 0.3) is 5.69 Å². The maximum absolute atomic E-state index is 11.3. The molecule has 0 spiro atoms. The first-order chi connectivity index (χ1) is 13.0. The van der Waals surface area contributed by atoms with E-state index in [1.165, 1.54) is 34.6 Å². The molecule has 0 saturated carbocycles. The van der Waals surface area contributed by atoms with Gasteiger partial charge in [0.05, 0.1) is 17.7 Å². The molecule has 0 aliphatic carbocycles.